The van der Waals surface area contributed by atoms with E-state index in [0.29, 0.717) is 10.8 Å². The van der Waals surface area contributed by atoms with Gasteiger partial charge in [-0.2, -0.15) is 0 Å². The Morgan fingerprint density at radius 3 is 0.900 bits per heavy atom. The molecule has 0 heterocycles. The third-order valence-corrected chi connectivity index (χ3v) is 7.49. The first kappa shape index (κ1) is 34.1. The van der Waals surface area contributed by atoms with E-state index in [1.165, 1.54) is 22.9 Å². The number of benzene rings is 6. The van der Waals surface area contributed by atoms with Crippen LogP contribution in [0.5, 0.6) is 0 Å². The quantitative estimate of drug-likeness (QED) is 0.213. The third kappa shape index (κ3) is 8.96. The van der Waals surface area contributed by atoms with Crippen molar-refractivity contribution in [1.29, 1.82) is 0 Å². The minimum Gasteiger partial charge on any atom is -0.744 e. The second-order valence-corrected chi connectivity index (χ2v) is 10.9. The van der Waals surface area contributed by atoms with Crippen LogP contribution in [-0.2, 0) is 20.2 Å². The molecule has 6 aromatic rings. The third-order valence-electron chi connectivity index (χ3n) is 5.70. The molecule has 0 saturated heterocycles. The van der Waals surface area contributed by atoms with Crippen molar-refractivity contribution in [3.8, 4) is 0 Å². The molecule has 0 aliphatic rings. The molecule has 6 rings (SSSR count). The van der Waals surface area contributed by atoms with Gasteiger partial charge in [-0.1, -0.05) is 121 Å². The Kier molecular flexibility index (Phi) is 13.0. The van der Waals surface area contributed by atoms with E-state index in [1.807, 2.05) is 0 Å². The van der Waals surface area contributed by atoms with Gasteiger partial charge < -0.3 is 9.11 Å². The predicted octanol–water partition coefficient (Wildman–Crippen LogP) is 0.336. The summed E-state index contributed by atoms with van der Waals surface area (Å²) in [6.45, 7) is 0. The molecule has 10 heteroatoms. The Labute approximate surface area is 278 Å². The van der Waals surface area contributed by atoms with Crippen LogP contribution in [-0.4, -0.2) is 25.9 Å². The maximum Gasteiger partial charge on any atom is 1.00 e. The first-order chi connectivity index (χ1) is 18.1. The number of fused-ring (bicyclic) bond motifs is 3. The summed E-state index contributed by atoms with van der Waals surface area (Å²) >= 11 is 0. The van der Waals surface area contributed by atoms with Crippen LogP contribution >= 0.6 is 0 Å². The monoisotopic (exact) mass is 588 g/mol. The maximum absolute atomic E-state index is 10.9. The van der Waals surface area contributed by atoms with Gasteiger partial charge in [0, 0.05) is 0 Å². The van der Waals surface area contributed by atoms with Gasteiger partial charge in [-0.25, -0.2) is 16.8 Å². The average Bonchev–Trinajstić information content (AvgIpc) is 2.92. The normalized spacial score (nSPS) is 10.8. The molecule has 0 radical (unpaired) electrons. The molecule has 0 unspecified atom stereocenters. The van der Waals surface area contributed by atoms with Crippen LogP contribution in [0.3, 0.4) is 0 Å². The summed E-state index contributed by atoms with van der Waals surface area (Å²) < 4.78 is 65.3. The van der Waals surface area contributed by atoms with Gasteiger partial charge in [0.1, 0.15) is 20.2 Å². The SMILES string of the molecule is O=S(=O)([O-])c1cccc2ccccc12.O=S(=O)([O-])c1cccc2ccccc12.[Na+].[Na+].c1ccc2ccccc2c1. The van der Waals surface area contributed by atoms with Crippen molar-refractivity contribution in [2.45, 2.75) is 9.79 Å². The van der Waals surface area contributed by atoms with Gasteiger partial charge >= 0.3 is 59.1 Å². The molecule has 0 aliphatic heterocycles. The standard InChI is InChI=1S/2C10H8O3S.C10H8.2Na/c2*11-14(12,13)10-7-3-5-8-4-1-2-6-9(8)10;1-2-6-10-8-4-3-7-9(10)5-1;;/h2*1-7H,(H,11,12,13);1-8H;;/q;;;2*+1/p-2. The summed E-state index contributed by atoms with van der Waals surface area (Å²) in [5.74, 6) is 0. The van der Waals surface area contributed by atoms with E-state index in [-0.39, 0.29) is 68.9 Å². The molecule has 0 spiro atoms. The molecule has 0 aliphatic carbocycles. The van der Waals surface area contributed by atoms with Crippen molar-refractivity contribution in [1.82, 2.24) is 0 Å². The van der Waals surface area contributed by atoms with Crippen molar-refractivity contribution in [3.63, 3.8) is 0 Å². The van der Waals surface area contributed by atoms with E-state index < -0.39 is 20.2 Å². The van der Waals surface area contributed by atoms with Crippen LogP contribution in [0.1, 0.15) is 0 Å². The Morgan fingerprint density at radius 2 is 0.600 bits per heavy atom. The van der Waals surface area contributed by atoms with Crippen molar-refractivity contribution < 1.29 is 85.1 Å². The maximum atomic E-state index is 10.9. The van der Waals surface area contributed by atoms with Gasteiger partial charge in [0.25, 0.3) is 0 Å². The van der Waals surface area contributed by atoms with Gasteiger partial charge in [0.15, 0.2) is 0 Å². The first-order valence-corrected chi connectivity index (χ1v) is 14.3. The molecule has 0 saturated carbocycles. The Hall–Kier alpha value is -2.08. The summed E-state index contributed by atoms with van der Waals surface area (Å²) in [4.78, 5) is -0.314. The molecule has 0 N–H and O–H groups in total. The van der Waals surface area contributed by atoms with Gasteiger partial charge in [-0.15, -0.1) is 0 Å². The molecular weight excluding hydrogens is 566 g/mol. The zero-order chi connectivity index (χ0) is 27.2. The molecule has 192 valence electrons. The van der Waals surface area contributed by atoms with Crippen molar-refractivity contribution in [2.75, 3.05) is 0 Å². The Morgan fingerprint density at radius 1 is 0.350 bits per heavy atom. The molecule has 0 fully saturated rings. The van der Waals surface area contributed by atoms with Crippen molar-refractivity contribution in [3.05, 3.63) is 133 Å². The van der Waals surface area contributed by atoms with Gasteiger partial charge in [0.2, 0.25) is 0 Å². The Bertz CT molecular complexity index is 1760. The second kappa shape index (κ2) is 15.2. The molecule has 0 atom stereocenters. The molecule has 0 bridgehead atoms. The Balaban J connectivity index is 0.000000208. The summed E-state index contributed by atoms with van der Waals surface area (Å²) in [7, 11) is -8.76. The van der Waals surface area contributed by atoms with Crippen LogP contribution < -0.4 is 59.1 Å². The zero-order valence-corrected chi connectivity index (χ0v) is 27.6. The van der Waals surface area contributed by atoms with Gasteiger partial charge in [-0.05, 0) is 44.5 Å². The summed E-state index contributed by atoms with van der Waals surface area (Å²) in [5.41, 5.74) is 0. The minimum absolute atomic E-state index is 0. The van der Waals surface area contributed by atoms with Gasteiger partial charge in [0.05, 0.1) is 9.79 Å². The number of rotatable bonds is 2. The van der Waals surface area contributed by atoms with E-state index in [2.05, 4.69) is 48.5 Å². The molecule has 40 heavy (non-hydrogen) atoms. The van der Waals surface area contributed by atoms with Crippen LogP contribution in [0, 0.1) is 0 Å². The fraction of sp³-hybridized carbons (Fsp3) is 0. The zero-order valence-electron chi connectivity index (χ0n) is 22.0. The van der Waals surface area contributed by atoms with E-state index in [1.54, 1.807) is 72.8 Å². The smallest absolute Gasteiger partial charge is 0.744 e. The number of hydrogen-bond acceptors (Lipinski definition) is 6. The summed E-state index contributed by atoms with van der Waals surface area (Å²) in [6, 6.07) is 39.8. The predicted molar refractivity (Wildman–Crippen MR) is 148 cm³/mol. The van der Waals surface area contributed by atoms with E-state index >= 15 is 0 Å². The molecule has 0 amide bonds. The van der Waals surface area contributed by atoms with Crippen molar-refractivity contribution in [2.24, 2.45) is 0 Å². The van der Waals surface area contributed by atoms with Gasteiger partial charge in [-0.3, -0.25) is 0 Å². The van der Waals surface area contributed by atoms with E-state index in [4.69, 9.17) is 0 Å². The number of hydrogen-bond donors (Lipinski definition) is 0. The minimum atomic E-state index is -4.38. The average molecular weight is 589 g/mol. The molecule has 6 nitrogen and oxygen atoms in total. The molecule has 0 aromatic heterocycles. The molecule has 6 aromatic carbocycles. The second-order valence-electron chi connectivity index (χ2n) is 8.21. The molecular formula is C30H22Na2O6S2. The largest absolute Gasteiger partial charge is 1.00 e. The van der Waals surface area contributed by atoms with Crippen LogP contribution in [0.2, 0.25) is 0 Å². The van der Waals surface area contributed by atoms with Crippen LogP contribution in [0.4, 0.5) is 0 Å². The van der Waals surface area contributed by atoms with Crippen LogP contribution in [0.15, 0.2) is 143 Å². The fourth-order valence-electron chi connectivity index (χ4n) is 3.96. The van der Waals surface area contributed by atoms with Crippen LogP contribution in [0.25, 0.3) is 32.3 Å². The van der Waals surface area contributed by atoms with E-state index in [9.17, 15) is 25.9 Å². The van der Waals surface area contributed by atoms with Crippen molar-refractivity contribution >= 4 is 52.6 Å². The topological polar surface area (TPSA) is 114 Å². The summed E-state index contributed by atoms with van der Waals surface area (Å²) in [5, 5.41) is 5.08. The van der Waals surface area contributed by atoms with E-state index in [0.717, 1.165) is 10.8 Å². The fourth-order valence-corrected chi connectivity index (χ4v) is 5.36. The first-order valence-electron chi connectivity index (χ1n) is 11.5. The summed E-state index contributed by atoms with van der Waals surface area (Å²) in [6.07, 6.45) is 0.